The van der Waals surface area contributed by atoms with Gasteiger partial charge in [0.1, 0.15) is 5.60 Å². The molecular weight excluding hydrogens is 414 g/mol. The average Bonchev–Trinajstić information content (AvgIpc) is 2.68. The molecule has 1 aromatic rings. The van der Waals surface area contributed by atoms with Crippen LogP contribution >= 0.6 is 0 Å². The van der Waals surface area contributed by atoms with E-state index < -0.39 is 6.10 Å². The topological polar surface area (TPSA) is 83.5 Å². The average molecular weight is 456 g/mol. The first-order chi connectivity index (χ1) is 15.6. The molecule has 0 aromatic carbocycles. The summed E-state index contributed by atoms with van der Waals surface area (Å²) in [5.74, 6) is 0.858. The van der Waals surface area contributed by atoms with Gasteiger partial charge in [0.2, 0.25) is 11.8 Å². The van der Waals surface area contributed by atoms with E-state index in [2.05, 4.69) is 50.5 Å². The van der Waals surface area contributed by atoms with E-state index >= 15 is 0 Å². The second kappa shape index (κ2) is 9.38. The van der Waals surface area contributed by atoms with Crippen molar-refractivity contribution in [2.75, 3.05) is 6.54 Å². The molecule has 4 atom stereocenters. The summed E-state index contributed by atoms with van der Waals surface area (Å²) in [5.41, 5.74) is 3.68. The van der Waals surface area contributed by atoms with Gasteiger partial charge in [0, 0.05) is 43.6 Å². The summed E-state index contributed by atoms with van der Waals surface area (Å²) in [6, 6.07) is 2.05. The minimum absolute atomic E-state index is 0.0803. The molecule has 1 saturated carbocycles. The van der Waals surface area contributed by atoms with Crippen molar-refractivity contribution in [2.24, 2.45) is 11.3 Å². The summed E-state index contributed by atoms with van der Waals surface area (Å²) < 4.78 is 6.39. The molecule has 182 valence electrons. The van der Waals surface area contributed by atoms with E-state index in [0.29, 0.717) is 6.54 Å². The van der Waals surface area contributed by atoms with Crippen LogP contribution in [-0.2, 0) is 11.2 Å². The predicted octanol–water partition coefficient (Wildman–Crippen LogP) is 4.23. The lowest BCUT2D eigenvalue weighted by molar-refractivity contribution is -0.121. The van der Waals surface area contributed by atoms with E-state index in [9.17, 15) is 9.90 Å². The van der Waals surface area contributed by atoms with Gasteiger partial charge in [-0.15, -0.1) is 0 Å². The Balaban J connectivity index is 1.51. The number of aliphatic hydroxyl groups excluding tert-OH is 1. The number of rotatable bonds is 8. The van der Waals surface area contributed by atoms with Gasteiger partial charge in [-0.05, 0) is 55.6 Å². The standard InChI is InChI=1S/C27H41N3O3/c1-6-19-8-9-20(19)24(30-17(2)31)23(32)16-28-22-14-27(10-7-11-27)33-25-21(22)12-18(15-29-25)13-26(3,4)5/h8,12,15,20,22-24,28,32H,6-7,9-11,13-14,16H2,1-5H3,(H,30,31)/t20?,22?,23-,24+/m1/s1. The minimum atomic E-state index is -0.663. The normalized spacial score (nSPS) is 25.1. The van der Waals surface area contributed by atoms with Crippen molar-refractivity contribution in [1.82, 2.24) is 15.6 Å². The summed E-state index contributed by atoms with van der Waals surface area (Å²) in [7, 11) is 0. The number of carbonyl (C=O) groups excluding carboxylic acids is 1. The highest BCUT2D eigenvalue weighted by Crippen LogP contribution is 2.48. The molecule has 2 aliphatic carbocycles. The molecule has 33 heavy (non-hydrogen) atoms. The Hall–Kier alpha value is -1.92. The molecule has 1 amide bonds. The zero-order valence-corrected chi connectivity index (χ0v) is 20.9. The van der Waals surface area contributed by atoms with Crippen LogP contribution in [0.5, 0.6) is 5.88 Å². The van der Waals surface area contributed by atoms with Crippen LogP contribution in [0.2, 0.25) is 0 Å². The Morgan fingerprint density at radius 1 is 1.36 bits per heavy atom. The fourth-order valence-electron chi connectivity index (χ4n) is 5.64. The van der Waals surface area contributed by atoms with E-state index in [1.54, 1.807) is 0 Å². The van der Waals surface area contributed by atoms with E-state index in [1.165, 1.54) is 24.5 Å². The smallest absolute Gasteiger partial charge is 0.218 e. The lowest BCUT2D eigenvalue weighted by Gasteiger charge is -2.47. The first kappa shape index (κ1) is 24.2. The Bertz CT molecular complexity index is 900. The van der Waals surface area contributed by atoms with Crippen LogP contribution in [0.3, 0.4) is 0 Å². The van der Waals surface area contributed by atoms with Crippen LogP contribution in [0.25, 0.3) is 0 Å². The highest BCUT2D eigenvalue weighted by molar-refractivity contribution is 5.73. The van der Waals surface area contributed by atoms with Gasteiger partial charge in [0.05, 0.1) is 12.1 Å². The van der Waals surface area contributed by atoms with Crippen LogP contribution in [0, 0.1) is 11.3 Å². The number of nitrogens with one attached hydrogen (secondary N) is 2. The van der Waals surface area contributed by atoms with Gasteiger partial charge >= 0.3 is 0 Å². The van der Waals surface area contributed by atoms with Crippen molar-refractivity contribution >= 4 is 5.91 Å². The second-order valence-corrected chi connectivity index (χ2v) is 11.5. The summed E-state index contributed by atoms with van der Waals surface area (Å²) in [6.45, 7) is 10.8. The number of allylic oxidation sites excluding steroid dienone is 1. The highest BCUT2D eigenvalue weighted by atomic mass is 16.5. The SMILES string of the molecule is CCC1=CCC1[C@H](NC(C)=O)[C@H](O)CNC1CC2(CCC2)Oc2ncc(CC(C)(C)C)cc21. The van der Waals surface area contributed by atoms with Gasteiger partial charge in [0.25, 0.3) is 0 Å². The Labute approximate surface area is 198 Å². The molecule has 0 saturated heterocycles. The molecule has 1 aliphatic heterocycles. The monoisotopic (exact) mass is 455 g/mol. The van der Waals surface area contributed by atoms with Crippen LogP contribution in [0.15, 0.2) is 23.9 Å². The molecule has 1 aromatic heterocycles. The maximum absolute atomic E-state index is 11.9. The minimum Gasteiger partial charge on any atom is -0.471 e. The molecule has 1 spiro atoms. The molecule has 1 fully saturated rings. The van der Waals surface area contributed by atoms with Gasteiger partial charge in [-0.3, -0.25) is 4.79 Å². The van der Waals surface area contributed by atoms with Gasteiger partial charge in [0.15, 0.2) is 0 Å². The molecule has 2 unspecified atom stereocenters. The summed E-state index contributed by atoms with van der Waals surface area (Å²) in [6.07, 6.45) is 10.5. The number of nitrogens with zero attached hydrogens (tertiary/aromatic N) is 1. The summed E-state index contributed by atoms with van der Waals surface area (Å²) >= 11 is 0. The van der Waals surface area contributed by atoms with Crippen LogP contribution in [0.1, 0.15) is 90.3 Å². The quantitative estimate of drug-likeness (QED) is 0.511. The van der Waals surface area contributed by atoms with Gasteiger partial charge in [-0.2, -0.15) is 0 Å². The number of hydrogen-bond donors (Lipinski definition) is 3. The van der Waals surface area contributed by atoms with Gasteiger partial charge < -0.3 is 20.5 Å². The molecule has 3 N–H and O–H groups in total. The van der Waals surface area contributed by atoms with Crippen molar-refractivity contribution in [2.45, 2.75) is 103 Å². The zero-order valence-electron chi connectivity index (χ0n) is 20.9. The second-order valence-electron chi connectivity index (χ2n) is 11.5. The molecule has 0 radical (unpaired) electrons. The lowest BCUT2D eigenvalue weighted by Crippen LogP contribution is -2.54. The van der Waals surface area contributed by atoms with Crippen LogP contribution < -0.4 is 15.4 Å². The number of fused-ring (bicyclic) bond motifs is 1. The fourth-order valence-corrected chi connectivity index (χ4v) is 5.64. The molecule has 6 heteroatoms. The third-order valence-electron chi connectivity index (χ3n) is 7.51. The van der Waals surface area contributed by atoms with E-state index in [-0.39, 0.29) is 34.9 Å². The van der Waals surface area contributed by atoms with Crippen LogP contribution in [0.4, 0.5) is 0 Å². The summed E-state index contributed by atoms with van der Waals surface area (Å²) in [4.78, 5) is 16.6. The van der Waals surface area contributed by atoms with E-state index in [0.717, 1.165) is 50.0 Å². The summed E-state index contributed by atoms with van der Waals surface area (Å²) in [5, 5.41) is 17.8. The molecule has 3 aliphatic rings. The van der Waals surface area contributed by atoms with Crippen molar-refractivity contribution in [3.63, 3.8) is 0 Å². The third kappa shape index (κ3) is 5.43. The Morgan fingerprint density at radius 2 is 2.12 bits per heavy atom. The van der Waals surface area contributed by atoms with E-state index in [1.807, 2.05) is 6.20 Å². The lowest BCUT2D eigenvalue weighted by atomic mass is 9.73. The molecule has 0 bridgehead atoms. The van der Waals surface area contributed by atoms with Crippen molar-refractivity contribution in [3.05, 3.63) is 35.0 Å². The van der Waals surface area contributed by atoms with Crippen molar-refractivity contribution in [3.8, 4) is 5.88 Å². The first-order valence-corrected chi connectivity index (χ1v) is 12.6. The van der Waals surface area contributed by atoms with Gasteiger partial charge in [-0.1, -0.05) is 39.3 Å². The third-order valence-corrected chi connectivity index (χ3v) is 7.51. The number of pyridine rings is 1. The number of amides is 1. The van der Waals surface area contributed by atoms with Crippen molar-refractivity contribution < 1.29 is 14.6 Å². The number of carbonyl (C=O) groups is 1. The molecule has 2 heterocycles. The Kier molecular flexibility index (Phi) is 6.88. The Morgan fingerprint density at radius 3 is 2.67 bits per heavy atom. The van der Waals surface area contributed by atoms with Crippen LogP contribution in [-0.4, -0.2) is 40.3 Å². The molecule has 6 nitrogen and oxygen atoms in total. The van der Waals surface area contributed by atoms with Crippen molar-refractivity contribution in [1.29, 1.82) is 0 Å². The number of aliphatic hydroxyl groups is 1. The number of ether oxygens (including phenoxy) is 1. The maximum Gasteiger partial charge on any atom is 0.218 e. The fraction of sp³-hybridized carbons (Fsp3) is 0.704. The number of hydrogen-bond acceptors (Lipinski definition) is 5. The predicted molar refractivity (Wildman–Crippen MR) is 130 cm³/mol. The highest BCUT2D eigenvalue weighted by Gasteiger charge is 2.46. The molecular formula is C27H41N3O3. The molecule has 4 rings (SSSR count). The zero-order chi connectivity index (χ0) is 23.8. The first-order valence-electron chi connectivity index (χ1n) is 12.6. The maximum atomic E-state index is 11.9. The van der Waals surface area contributed by atoms with E-state index in [4.69, 9.17) is 9.72 Å². The number of aromatic nitrogens is 1. The van der Waals surface area contributed by atoms with Gasteiger partial charge in [-0.25, -0.2) is 4.98 Å². The largest absolute Gasteiger partial charge is 0.471 e.